The Morgan fingerprint density at radius 2 is 1.94 bits per heavy atom. The van der Waals surface area contributed by atoms with Crippen LogP contribution in [0.4, 0.5) is 0 Å². The smallest absolute Gasteiger partial charge is 0.315 e. The largest absolute Gasteiger partial charge is 0.466 e. The average molecular weight is 228 g/mol. The highest BCUT2D eigenvalue weighted by molar-refractivity contribution is 5.94. The van der Waals surface area contributed by atoms with Crippen molar-refractivity contribution in [1.29, 1.82) is 0 Å². The Hall–Kier alpha value is -1.10. The zero-order valence-corrected chi connectivity index (χ0v) is 9.70. The third-order valence-corrected chi connectivity index (χ3v) is 2.75. The summed E-state index contributed by atoms with van der Waals surface area (Å²) in [5, 5.41) is 2.83. The Kier molecular flexibility index (Phi) is 5.25. The summed E-state index contributed by atoms with van der Waals surface area (Å²) in [5.41, 5.74) is 5.76. The van der Waals surface area contributed by atoms with Gasteiger partial charge in [0.2, 0.25) is 5.91 Å². The van der Waals surface area contributed by atoms with Gasteiger partial charge in [-0.15, -0.1) is 0 Å². The van der Waals surface area contributed by atoms with E-state index in [1.165, 1.54) is 0 Å². The van der Waals surface area contributed by atoms with Crippen molar-refractivity contribution < 1.29 is 14.3 Å². The van der Waals surface area contributed by atoms with Crippen molar-refractivity contribution in [3.8, 4) is 0 Å². The first kappa shape index (κ1) is 13.0. The summed E-state index contributed by atoms with van der Waals surface area (Å²) < 4.78 is 4.70. The van der Waals surface area contributed by atoms with Gasteiger partial charge in [-0.2, -0.15) is 0 Å². The molecular formula is C11H20N2O3. The lowest BCUT2D eigenvalue weighted by Gasteiger charge is -2.26. The monoisotopic (exact) mass is 228 g/mol. The van der Waals surface area contributed by atoms with E-state index in [-0.39, 0.29) is 24.4 Å². The maximum absolute atomic E-state index is 11.4. The molecule has 92 valence electrons. The molecule has 0 bridgehead atoms. The van der Waals surface area contributed by atoms with Crippen LogP contribution >= 0.6 is 0 Å². The minimum Gasteiger partial charge on any atom is -0.466 e. The summed E-state index contributed by atoms with van der Waals surface area (Å²) in [4.78, 5) is 22.5. The number of nitrogens with two attached hydrogens (primary N) is 1. The first-order chi connectivity index (χ1) is 7.61. The van der Waals surface area contributed by atoms with E-state index in [1.54, 1.807) is 6.92 Å². The molecule has 0 spiro atoms. The van der Waals surface area contributed by atoms with E-state index in [2.05, 4.69) is 5.32 Å². The first-order valence-corrected chi connectivity index (χ1v) is 5.82. The fourth-order valence-electron chi connectivity index (χ4n) is 1.89. The molecule has 1 rings (SSSR count). The standard InChI is InChI=1S/C11H20N2O3/c1-2-16-11(15)7-10(14)13-9-5-3-8(12)4-6-9/h8-9H,2-7,12H2,1H3,(H,13,14). The molecular weight excluding hydrogens is 208 g/mol. The van der Waals surface area contributed by atoms with Crippen LogP contribution in [0.3, 0.4) is 0 Å². The van der Waals surface area contributed by atoms with Crippen LogP contribution in [0.5, 0.6) is 0 Å². The van der Waals surface area contributed by atoms with E-state index in [9.17, 15) is 9.59 Å². The third-order valence-electron chi connectivity index (χ3n) is 2.75. The van der Waals surface area contributed by atoms with Gasteiger partial charge in [-0.25, -0.2) is 0 Å². The van der Waals surface area contributed by atoms with Gasteiger partial charge in [-0.1, -0.05) is 0 Å². The second-order valence-electron chi connectivity index (χ2n) is 4.16. The lowest BCUT2D eigenvalue weighted by Crippen LogP contribution is -2.41. The van der Waals surface area contributed by atoms with Crippen molar-refractivity contribution in [2.45, 2.75) is 51.1 Å². The van der Waals surface area contributed by atoms with Gasteiger partial charge >= 0.3 is 5.97 Å². The van der Waals surface area contributed by atoms with Crippen molar-refractivity contribution in [3.05, 3.63) is 0 Å². The average Bonchev–Trinajstić information content (AvgIpc) is 2.21. The molecule has 0 heterocycles. The summed E-state index contributed by atoms with van der Waals surface area (Å²) in [6.45, 7) is 2.03. The number of esters is 1. The quantitative estimate of drug-likeness (QED) is 0.536. The second-order valence-corrected chi connectivity index (χ2v) is 4.16. The fourth-order valence-corrected chi connectivity index (χ4v) is 1.89. The normalized spacial score (nSPS) is 24.9. The van der Waals surface area contributed by atoms with E-state index >= 15 is 0 Å². The van der Waals surface area contributed by atoms with Crippen molar-refractivity contribution in [3.63, 3.8) is 0 Å². The van der Waals surface area contributed by atoms with Crippen molar-refractivity contribution in [2.24, 2.45) is 5.73 Å². The summed E-state index contributed by atoms with van der Waals surface area (Å²) in [6.07, 6.45) is 3.48. The van der Waals surface area contributed by atoms with Crippen LogP contribution in [0.1, 0.15) is 39.0 Å². The highest BCUT2D eigenvalue weighted by Gasteiger charge is 2.21. The molecule has 1 amide bonds. The molecule has 1 aliphatic rings. The number of carbonyl (C=O) groups is 2. The minimum absolute atomic E-state index is 0.168. The molecule has 0 aromatic heterocycles. The number of hydrogen-bond donors (Lipinski definition) is 2. The summed E-state index contributed by atoms with van der Waals surface area (Å²) in [6, 6.07) is 0.430. The molecule has 0 aromatic rings. The molecule has 0 saturated heterocycles. The van der Waals surface area contributed by atoms with E-state index in [0.717, 1.165) is 25.7 Å². The van der Waals surface area contributed by atoms with Gasteiger partial charge in [0.25, 0.3) is 0 Å². The molecule has 1 fully saturated rings. The summed E-state index contributed by atoms with van der Waals surface area (Å²) in [5.74, 6) is -0.716. The maximum atomic E-state index is 11.4. The number of amides is 1. The lowest BCUT2D eigenvalue weighted by atomic mass is 9.92. The molecule has 5 nitrogen and oxygen atoms in total. The van der Waals surface area contributed by atoms with Gasteiger partial charge < -0.3 is 15.8 Å². The van der Waals surface area contributed by atoms with E-state index in [1.807, 2.05) is 0 Å². The first-order valence-electron chi connectivity index (χ1n) is 5.82. The third kappa shape index (κ3) is 4.61. The van der Waals surface area contributed by atoms with E-state index in [0.29, 0.717) is 6.61 Å². The van der Waals surface area contributed by atoms with Crippen LogP contribution in [-0.4, -0.2) is 30.6 Å². The van der Waals surface area contributed by atoms with E-state index < -0.39 is 5.97 Å². The molecule has 0 aromatic carbocycles. The molecule has 3 N–H and O–H groups in total. The molecule has 1 aliphatic carbocycles. The maximum Gasteiger partial charge on any atom is 0.315 e. The Morgan fingerprint density at radius 1 is 1.31 bits per heavy atom. The van der Waals surface area contributed by atoms with Gasteiger partial charge in [0.05, 0.1) is 6.61 Å². The molecule has 0 unspecified atom stereocenters. The number of nitrogens with one attached hydrogen (secondary N) is 1. The molecule has 0 aliphatic heterocycles. The number of rotatable bonds is 4. The highest BCUT2D eigenvalue weighted by atomic mass is 16.5. The summed E-state index contributed by atoms with van der Waals surface area (Å²) in [7, 11) is 0. The van der Waals surface area contributed by atoms with Crippen molar-refractivity contribution in [2.75, 3.05) is 6.61 Å². The predicted octanol–water partition coefficient (Wildman–Crippen LogP) is 0.326. The van der Waals surface area contributed by atoms with Crippen LogP contribution < -0.4 is 11.1 Å². The summed E-state index contributed by atoms with van der Waals surface area (Å²) >= 11 is 0. The molecule has 0 radical (unpaired) electrons. The SMILES string of the molecule is CCOC(=O)CC(=O)NC1CCC(N)CC1. The fraction of sp³-hybridized carbons (Fsp3) is 0.818. The zero-order valence-electron chi connectivity index (χ0n) is 9.70. The second kappa shape index (κ2) is 6.48. The Bertz CT molecular complexity index is 248. The predicted molar refractivity (Wildman–Crippen MR) is 59.6 cm³/mol. The van der Waals surface area contributed by atoms with Crippen LogP contribution in [0.2, 0.25) is 0 Å². The van der Waals surface area contributed by atoms with Gasteiger partial charge in [0, 0.05) is 12.1 Å². The zero-order chi connectivity index (χ0) is 12.0. The lowest BCUT2D eigenvalue weighted by molar-refractivity contribution is -0.146. The number of carbonyl (C=O) groups excluding carboxylic acids is 2. The van der Waals surface area contributed by atoms with E-state index in [4.69, 9.17) is 10.5 Å². The van der Waals surface area contributed by atoms with Crippen LogP contribution in [0, 0.1) is 0 Å². The number of ether oxygens (including phenoxy) is 1. The molecule has 5 heteroatoms. The highest BCUT2D eigenvalue weighted by Crippen LogP contribution is 2.16. The molecule has 1 saturated carbocycles. The Labute approximate surface area is 95.7 Å². The van der Waals surface area contributed by atoms with Crippen LogP contribution in [0.15, 0.2) is 0 Å². The topological polar surface area (TPSA) is 81.4 Å². The Morgan fingerprint density at radius 3 is 2.50 bits per heavy atom. The van der Waals surface area contributed by atoms with Gasteiger partial charge in [-0.05, 0) is 32.6 Å². The van der Waals surface area contributed by atoms with Gasteiger partial charge in [0.1, 0.15) is 6.42 Å². The molecule has 0 atom stereocenters. The van der Waals surface area contributed by atoms with Crippen LogP contribution in [0.25, 0.3) is 0 Å². The number of hydrogen-bond acceptors (Lipinski definition) is 4. The Balaban J connectivity index is 2.21. The van der Waals surface area contributed by atoms with Gasteiger partial charge in [0.15, 0.2) is 0 Å². The minimum atomic E-state index is -0.465. The van der Waals surface area contributed by atoms with Crippen molar-refractivity contribution >= 4 is 11.9 Å². The van der Waals surface area contributed by atoms with Gasteiger partial charge in [-0.3, -0.25) is 9.59 Å². The van der Waals surface area contributed by atoms with Crippen molar-refractivity contribution in [1.82, 2.24) is 5.32 Å². The van der Waals surface area contributed by atoms with Crippen LogP contribution in [-0.2, 0) is 14.3 Å². The molecule has 16 heavy (non-hydrogen) atoms.